The number of rotatable bonds is 4. The van der Waals surface area contributed by atoms with Gasteiger partial charge < -0.3 is 4.74 Å². The predicted octanol–water partition coefficient (Wildman–Crippen LogP) is 5.20. The van der Waals surface area contributed by atoms with Gasteiger partial charge in [-0.15, -0.1) is 6.42 Å². The Kier molecular flexibility index (Phi) is 6.88. The van der Waals surface area contributed by atoms with Crippen molar-refractivity contribution in [3.05, 3.63) is 60.5 Å². The highest BCUT2D eigenvalue weighted by molar-refractivity contribution is 9.11. The van der Waals surface area contributed by atoms with Gasteiger partial charge in [0, 0.05) is 0 Å². The standard InChI is InChI=1S/C20H10Br2Cl2N2O4/c1-2-5-30-17-13(21)7-10(8-14(17)22)6-12-18(27)25-20(29)26(19(12)28)11-3-4-15(23)16(24)9-11/h1,3-4,6-9H,5H2,(H,25,27,29)/b12-6+. The molecule has 2 aromatic carbocycles. The average molecular weight is 573 g/mol. The minimum Gasteiger partial charge on any atom is -0.479 e. The molecule has 1 N–H and O–H groups in total. The Bertz CT molecular complexity index is 1130. The molecule has 30 heavy (non-hydrogen) atoms. The average Bonchev–Trinajstić information content (AvgIpc) is 2.67. The van der Waals surface area contributed by atoms with E-state index in [2.05, 4.69) is 43.1 Å². The molecule has 1 fully saturated rings. The molecule has 0 unspecified atom stereocenters. The lowest BCUT2D eigenvalue weighted by molar-refractivity contribution is -0.122. The highest BCUT2D eigenvalue weighted by Gasteiger charge is 2.37. The van der Waals surface area contributed by atoms with Crippen molar-refractivity contribution in [2.45, 2.75) is 0 Å². The van der Waals surface area contributed by atoms with Gasteiger partial charge in [-0.3, -0.25) is 14.9 Å². The molecule has 0 spiro atoms. The monoisotopic (exact) mass is 570 g/mol. The molecule has 1 saturated heterocycles. The van der Waals surface area contributed by atoms with Crippen LogP contribution in [0, 0.1) is 12.3 Å². The summed E-state index contributed by atoms with van der Waals surface area (Å²) in [6.45, 7) is 0.0687. The maximum absolute atomic E-state index is 13.0. The summed E-state index contributed by atoms with van der Waals surface area (Å²) >= 11 is 18.6. The van der Waals surface area contributed by atoms with Crippen molar-refractivity contribution in [2.24, 2.45) is 0 Å². The van der Waals surface area contributed by atoms with Gasteiger partial charge in [0.1, 0.15) is 17.9 Å². The number of hydrogen-bond donors (Lipinski definition) is 1. The minimum absolute atomic E-state index is 0.0687. The van der Waals surface area contributed by atoms with E-state index in [0.29, 0.717) is 20.3 Å². The fourth-order valence-electron chi connectivity index (χ4n) is 2.60. The largest absolute Gasteiger partial charge is 0.479 e. The number of urea groups is 1. The van der Waals surface area contributed by atoms with Gasteiger partial charge in [0.05, 0.1) is 24.7 Å². The first-order chi connectivity index (χ1) is 14.2. The number of carbonyl (C=O) groups is 3. The van der Waals surface area contributed by atoms with Crippen molar-refractivity contribution in [1.82, 2.24) is 5.32 Å². The van der Waals surface area contributed by atoms with Crippen molar-refractivity contribution in [1.29, 1.82) is 0 Å². The van der Waals surface area contributed by atoms with E-state index in [0.717, 1.165) is 4.90 Å². The summed E-state index contributed by atoms with van der Waals surface area (Å²) in [4.78, 5) is 38.4. The van der Waals surface area contributed by atoms with Crippen LogP contribution in [-0.4, -0.2) is 24.5 Å². The van der Waals surface area contributed by atoms with Gasteiger partial charge in [0.15, 0.2) is 0 Å². The predicted molar refractivity (Wildman–Crippen MR) is 122 cm³/mol. The number of anilines is 1. The number of imide groups is 2. The minimum atomic E-state index is -0.888. The van der Waals surface area contributed by atoms with Crippen molar-refractivity contribution < 1.29 is 19.1 Å². The quantitative estimate of drug-likeness (QED) is 0.311. The number of amides is 4. The molecule has 1 aliphatic heterocycles. The number of terminal acetylenes is 1. The van der Waals surface area contributed by atoms with Crippen molar-refractivity contribution >= 4 is 84.7 Å². The summed E-state index contributed by atoms with van der Waals surface area (Å²) in [5, 5.41) is 2.57. The lowest BCUT2D eigenvalue weighted by atomic mass is 10.1. The molecular formula is C20H10Br2Cl2N2O4. The van der Waals surface area contributed by atoms with Gasteiger partial charge in [-0.05, 0) is 73.8 Å². The van der Waals surface area contributed by atoms with Crippen LogP contribution in [0.2, 0.25) is 10.0 Å². The Morgan fingerprint density at radius 3 is 2.37 bits per heavy atom. The highest BCUT2D eigenvalue weighted by atomic mass is 79.9. The van der Waals surface area contributed by atoms with E-state index < -0.39 is 17.8 Å². The number of hydrogen-bond acceptors (Lipinski definition) is 4. The Labute approximate surface area is 198 Å². The molecule has 1 aliphatic rings. The van der Waals surface area contributed by atoms with E-state index in [1.165, 1.54) is 24.3 Å². The molecule has 0 aromatic heterocycles. The molecule has 3 rings (SSSR count). The third kappa shape index (κ3) is 4.55. The second kappa shape index (κ2) is 9.23. The van der Waals surface area contributed by atoms with Gasteiger partial charge in [-0.2, -0.15) is 0 Å². The maximum Gasteiger partial charge on any atom is 0.335 e. The van der Waals surface area contributed by atoms with E-state index >= 15 is 0 Å². The Morgan fingerprint density at radius 2 is 1.77 bits per heavy atom. The van der Waals surface area contributed by atoms with Gasteiger partial charge in [0.2, 0.25) is 0 Å². The number of benzene rings is 2. The van der Waals surface area contributed by atoms with Crippen LogP contribution in [0.5, 0.6) is 5.75 Å². The Hall–Kier alpha value is -2.31. The van der Waals surface area contributed by atoms with Crippen LogP contribution >= 0.6 is 55.1 Å². The summed E-state index contributed by atoms with van der Waals surface area (Å²) in [5.74, 6) is 1.22. The molecular weight excluding hydrogens is 563 g/mol. The second-order valence-corrected chi connectivity index (χ2v) is 8.39. The lowest BCUT2D eigenvalue weighted by Crippen LogP contribution is -2.54. The smallest absolute Gasteiger partial charge is 0.335 e. The molecule has 0 bridgehead atoms. The zero-order valence-corrected chi connectivity index (χ0v) is 19.5. The van der Waals surface area contributed by atoms with Crippen molar-refractivity contribution in [2.75, 3.05) is 11.5 Å². The number of nitrogens with zero attached hydrogens (tertiary/aromatic N) is 1. The van der Waals surface area contributed by atoms with Gasteiger partial charge in [-0.1, -0.05) is 29.1 Å². The molecule has 4 amide bonds. The second-order valence-electron chi connectivity index (χ2n) is 5.86. The molecule has 0 saturated carbocycles. The lowest BCUT2D eigenvalue weighted by Gasteiger charge is -2.26. The van der Waals surface area contributed by atoms with E-state index in [9.17, 15) is 14.4 Å². The third-order valence-corrected chi connectivity index (χ3v) is 5.81. The number of ether oxygens (including phenoxy) is 1. The summed E-state index contributed by atoms with van der Waals surface area (Å²) in [6.07, 6.45) is 6.56. The maximum atomic E-state index is 13.0. The highest BCUT2D eigenvalue weighted by Crippen LogP contribution is 2.36. The normalized spacial score (nSPS) is 15.2. The molecule has 0 atom stereocenters. The van der Waals surface area contributed by atoms with E-state index in [-0.39, 0.29) is 27.9 Å². The first-order valence-electron chi connectivity index (χ1n) is 8.14. The third-order valence-electron chi connectivity index (χ3n) is 3.89. The SMILES string of the molecule is C#CCOc1c(Br)cc(/C=C2\C(=O)NC(=O)N(c3ccc(Cl)c(Cl)c3)C2=O)cc1Br. The first kappa shape index (κ1) is 22.4. The number of halogens is 4. The zero-order chi connectivity index (χ0) is 22.0. The van der Waals surface area contributed by atoms with Crippen LogP contribution in [-0.2, 0) is 9.59 Å². The first-order valence-corrected chi connectivity index (χ1v) is 10.5. The molecule has 0 aliphatic carbocycles. The molecule has 152 valence electrons. The van der Waals surface area contributed by atoms with Gasteiger partial charge >= 0.3 is 6.03 Å². The molecule has 10 heteroatoms. The summed E-state index contributed by atoms with van der Waals surface area (Å²) in [7, 11) is 0. The van der Waals surface area contributed by atoms with Crippen LogP contribution < -0.4 is 15.0 Å². The fraction of sp³-hybridized carbons (Fsp3) is 0.0500. The molecule has 0 radical (unpaired) electrons. The van der Waals surface area contributed by atoms with Crippen molar-refractivity contribution in [3.63, 3.8) is 0 Å². The zero-order valence-electron chi connectivity index (χ0n) is 14.8. The van der Waals surface area contributed by atoms with E-state index in [4.69, 9.17) is 34.4 Å². The summed E-state index contributed by atoms with van der Waals surface area (Å²) in [5.41, 5.74) is 0.436. The molecule has 1 heterocycles. The van der Waals surface area contributed by atoms with Crippen LogP contribution in [0.3, 0.4) is 0 Å². The van der Waals surface area contributed by atoms with Crippen LogP contribution in [0.1, 0.15) is 5.56 Å². The fourth-order valence-corrected chi connectivity index (χ4v) is 4.34. The number of nitrogens with one attached hydrogen (secondary N) is 1. The summed E-state index contributed by atoms with van der Waals surface area (Å²) < 4.78 is 6.55. The van der Waals surface area contributed by atoms with E-state index in [1.54, 1.807) is 12.1 Å². The topological polar surface area (TPSA) is 75.7 Å². The van der Waals surface area contributed by atoms with Gasteiger partial charge in [-0.25, -0.2) is 9.69 Å². The summed E-state index contributed by atoms with van der Waals surface area (Å²) in [6, 6.07) is 6.65. The molecule has 6 nitrogen and oxygen atoms in total. The van der Waals surface area contributed by atoms with Crippen LogP contribution in [0.15, 0.2) is 44.9 Å². The Morgan fingerprint density at radius 1 is 1.10 bits per heavy atom. The van der Waals surface area contributed by atoms with Crippen molar-refractivity contribution in [3.8, 4) is 18.1 Å². The number of carbonyl (C=O) groups excluding carboxylic acids is 3. The molecule has 2 aromatic rings. The van der Waals surface area contributed by atoms with Crippen LogP contribution in [0.25, 0.3) is 6.08 Å². The van der Waals surface area contributed by atoms with Crippen LogP contribution in [0.4, 0.5) is 10.5 Å². The van der Waals surface area contributed by atoms with Gasteiger partial charge in [0.25, 0.3) is 11.8 Å². The number of barbiturate groups is 1. The Balaban J connectivity index is 2.00. The van der Waals surface area contributed by atoms with E-state index in [1.807, 2.05) is 0 Å².